The van der Waals surface area contributed by atoms with Gasteiger partial charge in [0, 0.05) is 0 Å². The normalized spacial score (nSPS) is 17.2. The third kappa shape index (κ3) is 6.41. The SMILES string of the molecule is CC(C)(C)OC(=O)C[C@@H](Cc1ccccc1)C(=O)N1C(=O)OC[C@@H]1Cc1ccccc1. The van der Waals surface area contributed by atoms with Crippen molar-refractivity contribution in [3.8, 4) is 0 Å². The number of nitrogens with zero attached hydrogens (tertiary/aromatic N) is 1. The van der Waals surface area contributed by atoms with Gasteiger partial charge in [-0.1, -0.05) is 60.7 Å². The van der Waals surface area contributed by atoms with Crippen LogP contribution in [0.3, 0.4) is 0 Å². The highest BCUT2D eigenvalue weighted by Gasteiger charge is 2.41. The quantitative estimate of drug-likeness (QED) is 0.625. The Kier molecular flexibility index (Phi) is 7.10. The first-order valence-corrected chi connectivity index (χ1v) is 10.5. The Morgan fingerprint density at radius 1 is 1.03 bits per heavy atom. The summed E-state index contributed by atoms with van der Waals surface area (Å²) in [6, 6.07) is 18.7. The minimum Gasteiger partial charge on any atom is -0.460 e. The first-order chi connectivity index (χ1) is 14.7. The molecule has 0 aliphatic carbocycles. The molecule has 2 aromatic carbocycles. The fourth-order valence-corrected chi connectivity index (χ4v) is 3.69. The number of amides is 2. The van der Waals surface area contributed by atoms with Gasteiger partial charge >= 0.3 is 12.1 Å². The standard InChI is InChI=1S/C25H29NO5/c1-25(2,3)31-22(27)16-20(14-18-10-6-4-7-11-18)23(28)26-21(17-30-24(26)29)15-19-12-8-5-9-13-19/h4-13,20-21H,14-17H2,1-3H3/t20-,21+/m1/s1. The highest BCUT2D eigenvalue weighted by molar-refractivity contribution is 5.96. The summed E-state index contributed by atoms with van der Waals surface area (Å²) in [5.41, 5.74) is 1.27. The molecule has 6 heteroatoms. The Morgan fingerprint density at radius 2 is 1.61 bits per heavy atom. The second-order valence-electron chi connectivity index (χ2n) is 8.81. The molecule has 164 valence electrons. The van der Waals surface area contributed by atoms with Gasteiger partial charge in [0.2, 0.25) is 5.91 Å². The van der Waals surface area contributed by atoms with E-state index in [1.165, 1.54) is 4.90 Å². The summed E-state index contributed by atoms with van der Waals surface area (Å²) in [4.78, 5) is 39.6. The number of cyclic esters (lactones) is 1. The summed E-state index contributed by atoms with van der Waals surface area (Å²) in [5, 5.41) is 0. The monoisotopic (exact) mass is 423 g/mol. The Balaban J connectivity index is 1.80. The van der Waals surface area contributed by atoms with Gasteiger partial charge in [-0.05, 0) is 44.7 Å². The van der Waals surface area contributed by atoms with Crippen molar-refractivity contribution in [3.05, 3.63) is 71.8 Å². The maximum atomic E-state index is 13.5. The lowest BCUT2D eigenvalue weighted by Crippen LogP contribution is -2.45. The van der Waals surface area contributed by atoms with Gasteiger partial charge in [0.25, 0.3) is 0 Å². The molecule has 2 aromatic rings. The molecule has 1 aliphatic rings. The molecule has 31 heavy (non-hydrogen) atoms. The van der Waals surface area contributed by atoms with E-state index in [-0.39, 0.29) is 13.0 Å². The molecule has 2 atom stereocenters. The van der Waals surface area contributed by atoms with Crippen molar-refractivity contribution in [1.29, 1.82) is 0 Å². The van der Waals surface area contributed by atoms with E-state index in [1.54, 1.807) is 20.8 Å². The Morgan fingerprint density at radius 3 is 2.19 bits per heavy atom. The van der Waals surface area contributed by atoms with Crippen LogP contribution >= 0.6 is 0 Å². The first kappa shape index (κ1) is 22.5. The molecule has 1 fully saturated rings. The van der Waals surface area contributed by atoms with Crippen LogP contribution in [-0.4, -0.2) is 41.1 Å². The van der Waals surface area contributed by atoms with E-state index in [0.29, 0.717) is 12.8 Å². The van der Waals surface area contributed by atoms with Crippen LogP contribution in [0, 0.1) is 5.92 Å². The molecule has 1 heterocycles. The van der Waals surface area contributed by atoms with Gasteiger partial charge in [0.15, 0.2) is 0 Å². The number of ether oxygens (including phenoxy) is 2. The maximum Gasteiger partial charge on any atom is 0.416 e. The van der Waals surface area contributed by atoms with Gasteiger partial charge in [-0.2, -0.15) is 0 Å². The van der Waals surface area contributed by atoms with Crippen LogP contribution in [0.1, 0.15) is 38.3 Å². The van der Waals surface area contributed by atoms with Gasteiger partial charge in [0.05, 0.1) is 18.4 Å². The van der Waals surface area contributed by atoms with E-state index in [9.17, 15) is 14.4 Å². The van der Waals surface area contributed by atoms with Crippen molar-refractivity contribution in [1.82, 2.24) is 4.90 Å². The van der Waals surface area contributed by atoms with E-state index in [1.807, 2.05) is 60.7 Å². The first-order valence-electron chi connectivity index (χ1n) is 10.5. The third-order valence-corrected chi connectivity index (χ3v) is 5.02. The van der Waals surface area contributed by atoms with Crippen LogP contribution in [0.4, 0.5) is 4.79 Å². The summed E-state index contributed by atoms with van der Waals surface area (Å²) in [7, 11) is 0. The van der Waals surface area contributed by atoms with Gasteiger partial charge < -0.3 is 9.47 Å². The largest absolute Gasteiger partial charge is 0.460 e. The van der Waals surface area contributed by atoms with Crippen molar-refractivity contribution in [3.63, 3.8) is 0 Å². The van der Waals surface area contributed by atoms with E-state index in [4.69, 9.17) is 9.47 Å². The average Bonchev–Trinajstić information content (AvgIpc) is 3.07. The molecule has 2 amide bonds. The van der Waals surface area contributed by atoms with E-state index >= 15 is 0 Å². The summed E-state index contributed by atoms with van der Waals surface area (Å²) in [6.45, 7) is 5.50. The molecule has 0 saturated carbocycles. The van der Waals surface area contributed by atoms with Crippen LogP contribution in [0.5, 0.6) is 0 Å². The predicted octanol–water partition coefficient (Wildman–Crippen LogP) is 4.17. The number of esters is 1. The lowest BCUT2D eigenvalue weighted by Gasteiger charge is -2.26. The molecule has 6 nitrogen and oxygen atoms in total. The van der Waals surface area contributed by atoms with Crippen molar-refractivity contribution in [2.24, 2.45) is 5.92 Å². The molecule has 0 radical (unpaired) electrons. The molecular formula is C25H29NO5. The fourth-order valence-electron chi connectivity index (χ4n) is 3.69. The summed E-state index contributed by atoms with van der Waals surface area (Å²) in [5.74, 6) is -1.59. The van der Waals surface area contributed by atoms with Gasteiger partial charge in [0.1, 0.15) is 12.2 Å². The molecule has 3 rings (SSSR count). The number of rotatable bonds is 7. The zero-order chi connectivity index (χ0) is 22.4. The topological polar surface area (TPSA) is 72.9 Å². The van der Waals surface area contributed by atoms with E-state index < -0.39 is 35.5 Å². The Hall–Kier alpha value is -3.15. The molecule has 1 saturated heterocycles. The zero-order valence-corrected chi connectivity index (χ0v) is 18.2. The maximum absolute atomic E-state index is 13.5. The smallest absolute Gasteiger partial charge is 0.416 e. The van der Waals surface area contributed by atoms with E-state index in [0.717, 1.165) is 11.1 Å². The molecule has 0 bridgehead atoms. The summed E-state index contributed by atoms with van der Waals surface area (Å²) in [6.07, 6.45) is 0.0735. The van der Waals surface area contributed by atoms with E-state index in [2.05, 4.69) is 0 Å². The van der Waals surface area contributed by atoms with Crippen LogP contribution < -0.4 is 0 Å². The number of hydrogen-bond acceptors (Lipinski definition) is 5. The van der Waals surface area contributed by atoms with Gasteiger partial charge in [-0.25, -0.2) is 9.69 Å². The fraction of sp³-hybridized carbons (Fsp3) is 0.400. The van der Waals surface area contributed by atoms with Crippen LogP contribution in [-0.2, 0) is 31.9 Å². The minimum atomic E-state index is -0.721. The number of benzene rings is 2. The van der Waals surface area contributed by atoms with Crippen molar-refractivity contribution in [2.45, 2.75) is 51.7 Å². The predicted molar refractivity (Wildman–Crippen MR) is 116 cm³/mol. The molecule has 0 spiro atoms. The van der Waals surface area contributed by atoms with Gasteiger partial charge in [-0.3, -0.25) is 9.59 Å². The van der Waals surface area contributed by atoms with Crippen LogP contribution in [0.25, 0.3) is 0 Å². The summed E-state index contributed by atoms with van der Waals surface area (Å²) < 4.78 is 10.6. The average molecular weight is 424 g/mol. The Labute approximate surface area is 183 Å². The molecular weight excluding hydrogens is 394 g/mol. The lowest BCUT2D eigenvalue weighted by atomic mass is 9.93. The highest BCUT2D eigenvalue weighted by atomic mass is 16.6. The second kappa shape index (κ2) is 9.77. The molecule has 0 aromatic heterocycles. The van der Waals surface area contributed by atoms with Crippen molar-refractivity contribution < 1.29 is 23.9 Å². The number of carbonyl (C=O) groups excluding carboxylic acids is 3. The van der Waals surface area contributed by atoms with Crippen molar-refractivity contribution in [2.75, 3.05) is 6.61 Å². The second-order valence-corrected chi connectivity index (χ2v) is 8.81. The lowest BCUT2D eigenvalue weighted by molar-refractivity contribution is -0.158. The molecule has 0 unspecified atom stereocenters. The van der Waals surface area contributed by atoms with Crippen LogP contribution in [0.15, 0.2) is 60.7 Å². The minimum absolute atomic E-state index is 0.104. The summed E-state index contributed by atoms with van der Waals surface area (Å²) >= 11 is 0. The third-order valence-electron chi connectivity index (χ3n) is 5.02. The van der Waals surface area contributed by atoms with Crippen molar-refractivity contribution >= 4 is 18.0 Å². The number of imide groups is 1. The molecule has 1 aliphatic heterocycles. The zero-order valence-electron chi connectivity index (χ0n) is 18.2. The van der Waals surface area contributed by atoms with Gasteiger partial charge in [-0.15, -0.1) is 0 Å². The number of hydrogen-bond donors (Lipinski definition) is 0. The Bertz CT molecular complexity index is 905. The molecule has 0 N–H and O–H groups in total. The number of carbonyl (C=O) groups is 3. The highest BCUT2D eigenvalue weighted by Crippen LogP contribution is 2.24. The van der Waals surface area contributed by atoms with Crippen LogP contribution in [0.2, 0.25) is 0 Å².